The van der Waals surface area contributed by atoms with Gasteiger partial charge in [-0.2, -0.15) is 0 Å². The lowest BCUT2D eigenvalue weighted by Crippen LogP contribution is -2.55. The summed E-state index contributed by atoms with van der Waals surface area (Å²) in [5.74, 6) is -0.0618. The molecule has 2 saturated heterocycles. The van der Waals surface area contributed by atoms with E-state index in [1.165, 1.54) is 0 Å². The van der Waals surface area contributed by atoms with Gasteiger partial charge in [0.05, 0.1) is 5.69 Å². The van der Waals surface area contributed by atoms with E-state index in [0.29, 0.717) is 26.1 Å². The topological polar surface area (TPSA) is 77.6 Å². The zero-order valence-electron chi connectivity index (χ0n) is 14.8. The van der Waals surface area contributed by atoms with Crippen molar-refractivity contribution in [1.29, 1.82) is 0 Å². The van der Waals surface area contributed by atoms with Crippen LogP contribution in [0.15, 0.2) is 24.4 Å². The van der Waals surface area contributed by atoms with Gasteiger partial charge >= 0.3 is 6.03 Å². The van der Waals surface area contributed by atoms with Gasteiger partial charge in [-0.25, -0.2) is 4.79 Å². The van der Waals surface area contributed by atoms with E-state index in [9.17, 15) is 9.59 Å². The minimum atomic E-state index is -0.402. The molecule has 7 nitrogen and oxygen atoms in total. The molecule has 136 valence electrons. The standard InChI is InChI=1S/C18H27N5O2/c1-14(15-6-2-4-8-19-15)22-10-12-23(13-11-22)18(25)21-16-7-3-5-9-20-17(16)24/h2,4,6,8,14,16H,3,5,7,9-13H2,1H3,(H,20,24)(H,21,25)/t14-,16-/m1/s1. The number of rotatable bonds is 3. The zero-order valence-corrected chi connectivity index (χ0v) is 14.8. The number of amides is 3. The number of nitrogens with one attached hydrogen (secondary N) is 2. The van der Waals surface area contributed by atoms with Crippen LogP contribution in [-0.2, 0) is 4.79 Å². The fraction of sp³-hybridized carbons (Fsp3) is 0.611. The molecule has 0 saturated carbocycles. The molecule has 25 heavy (non-hydrogen) atoms. The van der Waals surface area contributed by atoms with Crippen LogP contribution in [-0.4, -0.2) is 65.5 Å². The molecule has 0 spiro atoms. The zero-order chi connectivity index (χ0) is 17.6. The van der Waals surface area contributed by atoms with Crippen molar-refractivity contribution < 1.29 is 9.59 Å². The summed E-state index contributed by atoms with van der Waals surface area (Å²) >= 11 is 0. The average molecular weight is 345 g/mol. The van der Waals surface area contributed by atoms with E-state index in [2.05, 4.69) is 27.4 Å². The van der Waals surface area contributed by atoms with Gasteiger partial charge in [0.25, 0.3) is 0 Å². The van der Waals surface area contributed by atoms with Gasteiger partial charge in [-0.3, -0.25) is 14.7 Å². The molecule has 0 aliphatic carbocycles. The Morgan fingerprint density at radius 1 is 1.28 bits per heavy atom. The van der Waals surface area contributed by atoms with Crippen molar-refractivity contribution in [3.63, 3.8) is 0 Å². The van der Waals surface area contributed by atoms with Crippen LogP contribution < -0.4 is 10.6 Å². The largest absolute Gasteiger partial charge is 0.354 e. The third kappa shape index (κ3) is 4.48. The summed E-state index contributed by atoms with van der Waals surface area (Å²) in [6.45, 7) is 5.79. The van der Waals surface area contributed by atoms with E-state index in [4.69, 9.17) is 0 Å². The summed E-state index contributed by atoms with van der Waals surface area (Å²) in [6, 6.07) is 5.66. The third-order valence-electron chi connectivity index (χ3n) is 5.10. The summed E-state index contributed by atoms with van der Waals surface area (Å²) in [5, 5.41) is 5.75. The van der Waals surface area contributed by atoms with Gasteiger partial charge in [0.2, 0.25) is 5.91 Å². The van der Waals surface area contributed by atoms with Crippen molar-refractivity contribution in [1.82, 2.24) is 25.4 Å². The molecule has 0 unspecified atom stereocenters. The molecule has 2 fully saturated rings. The first-order chi connectivity index (χ1) is 12.1. The van der Waals surface area contributed by atoms with Crippen LogP contribution in [0.3, 0.4) is 0 Å². The lowest BCUT2D eigenvalue weighted by molar-refractivity contribution is -0.122. The minimum absolute atomic E-state index is 0.0618. The fourth-order valence-electron chi connectivity index (χ4n) is 3.44. The lowest BCUT2D eigenvalue weighted by Gasteiger charge is -2.38. The van der Waals surface area contributed by atoms with E-state index < -0.39 is 6.04 Å². The van der Waals surface area contributed by atoms with Gasteiger partial charge in [0, 0.05) is 45.0 Å². The number of piperazine rings is 1. The number of pyridine rings is 1. The van der Waals surface area contributed by atoms with Gasteiger partial charge in [-0.05, 0) is 38.3 Å². The maximum absolute atomic E-state index is 12.5. The molecule has 7 heteroatoms. The van der Waals surface area contributed by atoms with Crippen LogP contribution >= 0.6 is 0 Å². The Morgan fingerprint density at radius 3 is 2.80 bits per heavy atom. The predicted octanol–water partition coefficient (Wildman–Crippen LogP) is 1.14. The smallest absolute Gasteiger partial charge is 0.318 e. The van der Waals surface area contributed by atoms with Crippen LogP contribution in [0.1, 0.15) is 37.9 Å². The number of nitrogens with zero attached hydrogens (tertiary/aromatic N) is 3. The quantitative estimate of drug-likeness (QED) is 0.861. The molecular formula is C18H27N5O2. The highest BCUT2D eigenvalue weighted by Crippen LogP contribution is 2.19. The second-order valence-corrected chi connectivity index (χ2v) is 6.74. The highest BCUT2D eigenvalue weighted by Gasteiger charge is 2.28. The number of carbonyl (C=O) groups excluding carboxylic acids is 2. The van der Waals surface area contributed by atoms with Gasteiger partial charge in [0.15, 0.2) is 0 Å². The normalized spacial score (nSPS) is 23.5. The molecule has 3 amide bonds. The predicted molar refractivity (Wildman–Crippen MR) is 95.0 cm³/mol. The van der Waals surface area contributed by atoms with Crippen molar-refractivity contribution in [2.24, 2.45) is 0 Å². The van der Waals surface area contributed by atoms with Crippen molar-refractivity contribution in [2.75, 3.05) is 32.7 Å². The first kappa shape index (κ1) is 17.7. The molecular weight excluding hydrogens is 318 g/mol. The monoisotopic (exact) mass is 345 g/mol. The van der Waals surface area contributed by atoms with Gasteiger partial charge in [-0.15, -0.1) is 0 Å². The number of hydrogen-bond acceptors (Lipinski definition) is 4. The number of hydrogen-bond donors (Lipinski definition) is 2. The molecule has 2 aliphatic rings. The van der Waals surface area contributed by atoms with Gasteiger partial charge < -0.3 is 15.5 Å². The van der Waals surface area contributed by atoms with E-state index in [1.54, 1.807) is 4.90 Å². The average Bonchev–Trinajstić information content (AvgIpc) is 2.86. The molecule has 1 aromatic rings. The van der Waals surface area contributed by atoms with Crippen molar-refractivity contribution in [3.8, 4) is 0 Å². The highest BCUT2D eigenvalue weighted by molar-refractivity contribution is 5.87. The van der Waals surface area contributed by atoms with Crippen molar-refractivity contribution in [3.05, 3.63) is 30.1 Å². The summed E-state index contributed by atoms with van der Waals surface area (Å²) in [4.78, 5) is 33.0. The van der Waals surface area contributed by atoms with Crippen LogP contribution in [0.5, 0.6) is 0 Å². The van der Waals surface area contributed by atoms with Crippen molar-refractivity contribution in [2.45, 2.75) is 38.3 Å². The Kier molecular flexibility index (Phi) is 5.86. The minimum Gasteiger partial charge on any atom is -0.354 e. The van der Waals surface area contributed by atoms with Crippen molar-refractivity contribution >= 4 is 11.9 Å². The lowest BCUT2D eigenvalue weighted by atomic mass is 10.1. The highest BCUT2D eigenvalue weighted by atomic mass is 16.2. The Balaban J connectivity index is 1.50. The third-order valence-corrected chi connectivity index (χ3v) is 5.10. The molecule has 3 heterocycles. The first-order valence-corrected chi connectivity index (χ1v) is 9.13. The Labute approximate surface area is 148 Å². The van der Waals surface area contributed by atoms with Gasteiger partial charge in [-0.1, -0.05) is 6.07 Å². The Bertz CT molecular complexity index is 586. The molecule has 0 bridgehead atoms. The number of aromatic nitrogens is 1. The summed E-state index contributed by atoms with van der Waals surface area (Å²) in [6.07, 6.45) is 4.46. The second-order valence-electron chi connectivity index (χ2n) is 6.74. The summed E-state index contributed by atoms with van der Waals surface area (Å²) in [5.41, 5.74) is 1.05. The summed E-state index contributed by atoms with van der Waals surface area (Å²) < 4.78 is 0. The maximum Gasteiger partial charge on any atom is 0.318 e. The Hall–Kier alpha value is -2.15. The maximum atomic E-state index is 12.5. The Morgan fingerprint density at radius 2 is 2.08 bits per heavy atom. The van der Waals surface area contributed by atoms with E-state index in [0.717, 1.165) is 31.6 Å². The molecule has 0 aromatic carbocycles. The molecule has 2 N–H and O–H groups in total. The number of urea groups is 1. The van der Waals surface area contributed by atoms with E-state index >= 15 is 0 Å². The molecule has 2 aliphatic heterocycles. The van der Waals surface area contributed by atoms with Gasteiger partial charge in [0.1, 0.15) is 6.04 Å². The molecule has 2 atom stereocenters. The second kappa shape index (κ2) is 8.29. The summed E-state index contributed by atoms with van der Waals surface area (Å²) in [7, 11) is 0. The molecule has 0 radical (unpaired) electrons. The first-order valence-electron chi connectivity index (χ1n) is 9.13. The van der Waals surface area contributed by atoms with Crippen LogP contribution in [0, 0.1) is 0 Å². The number of carbonyl (C=O) groups is 2. The van der Waals surface area contributed by atoms with Crippen LogP contribution in [0.2, 0.25) is 0 Å². The van der Waals surface area contributed by atoms with E-state index in [1.807, 2.05) is 24.4 Å². The molecule has 1 aromatic heterocycles. The van der Waals surface area contributed by atoms with Crippen LogP contribution in [0.4, 0.5) is 4.79 Å². The molecule has 3 rings (SSSR count). The van der Waals surface area contributed by atoms with E-state index in [-0.39, 0.29) is 18.0 Å². The van der Waals surface area contributed by atoms with Crippen LogP contribution in [0.25, 0.3) is 0 Å². The SMILES string of the molecule is C[C@H](c1ccccn1)N1CCN(C(=O)N[C@@H]2CCCCNC2=O)CC1. The fourth-order valence-corrected chi connectivity index (χ4v) is 3.44.